The van der Waals surface area contributed by atoms with E-state index < -0.39 is 0 Å². The highest BCUT2D eigenvalue weighted by molar-refractivity contribution is 5.01. The summed E-state index contributed by atoms with van der Waals surface area (Å²) < 4.78 is 6.94. The van der Waals surface area contributed by atoms with E-state index >= 15 is 0 Å². The van der Waals surface area contributed by atoms with E-state index in [-0.39, 0.29) is 5.54 Å². The lowest BCUT2D eigenvalue weighted by molar-refractivity contribution is 0.169. The van der Waals surface area contributed by atoms with Crippen molar-refractivity contribution in [3.8, 4) is 0 Å². The molecular weight excluding hydrogens is 190 g/mol. The van der Waals surface area contributed by atoms with Crippen LogP contribution >= 0.6 is 0 Å². The molecule has 0 radical (unpaired) electrons. The average Bonchev–Trinajstić information content (AvgIpc) is 2.58. The minimum absolute atomic E-state index is 0.152. The minimum Gasteiger partial charge on any atom is -0.385 e. The number of nitrogens with zero attached hydrogens (tertiary/aromatic N) is 2. The molecule has 0 bridgehead atoms. The third-order valence-corrected chi connectivity index (χ3v) is 2.75. The topological polar surface area (TPSA) is 53.1 Å². The van der Waals surface area contributed by atoms with E-state index in [1.54, 1.807) is 7.11 Å². The molecule has 1 atom stereocenters. The van der Waals surface area contributed by atoms with Gasteiger partial charge in [0.2, 0.25) is 0 Å². The Morgan fingerprint density at radius 1 is 1.53 bits per heavy atom. The second-order valence-electron chi connectivity index (χ2n) is 4.34. The Balaban J connectivity index is 2.39. The van der Waals surface area contributed by atoms with Gasteiger partial charge in [0.15, 0.2) is 0 Å². The molecule has 1 unspecified atom stereocenters. The summed E-state index contributed by atoms with van der Waals surface area (Å²) in [6, 6.07) is 2.03. The zero-order valence-electron chi connectivity index (χ0n) is 9.86. The van der Waals surface area contributed by atoms with Crippen molar-refractivity contribution < 1.29 is 4.74 Å². The van der Waals surface area contributed by atoms with Crippen molar-refractivity contribution in [2.75, 3.05) is 13.7 Å². The van der Waals surface area contributed by atoms with E-state index in [9.17, 15) is 0 Å². The molecule has 15 heavy (non-hydrogen) atoms. The summed E-state index contributed by atoms with van der Waals surface area (Å²) in [6.07, 6.45) is 4.63. The van der Waals surface area contributed by atoms with Crippen LogP contribution in [-0.2, 0) is 18.2 Å². The molecule has 2 N–H and O–H groups in total. The lowest BCUT2D eigenvalue weighted by atomic mass is 9.93. The van der Waals surface area contributed by atoms with Crippen molar-refractivity contribution >= 4 is 0 Å². The first-order valence-corrected chi connectivity index (χ1v) is 5.30. The zero-order chi connectivity index (χ0) is 11.3. The molecule has 0 saturated carbocycles. The molecule has 4 heteroatoms. The van der Waals surface area contributed by atoms with Crippen LogP contribution in [0.25, 0.3) is 0 Å². The fraction of sp³-hybridized carbons (Fsp3) is 0.727. The van der Waals surface area contributed by atoms with Gasteiger partial charge in [-0.05, 0) is 32.3 Å². The number of aromatic nitrogens is 2. The number of aryl methyl sites for hydroxylation is 2. The summed E-state index contributed by atoms with van der Waals surface area (Å²) in [5, 5.41) is 4.13. The van der Waals surface area contributed by atoms with E-state index in [0.29, 0.717) is 0 Å². The Hall–Kier alpha value is -0.870. The third kappa shape index (κ3) is 4.01. The molecule has 1 aromatic heterocycles. The van der Waals surface area contributed by atoms with Crippen LogP contribution in [0.1, 0.15) is 25.5 Å². The van der Waals surface area contributed by atoms with E-state index in [2.05, 4.69) is 12.0 Å². The average molecular weight is 211 g/mol. The highest BCUT2D eigenvalue weighted by atomic mass is 16.5. The summed E-state index contributed by atoms with van der Waals surface area (Å²) in [7, 11) is 3.66. The number of nitrogens with two attached hydrogens (primary N) is 1. The summed E-state index contributed by atoms with van der Waals surface area (Å²) in [5.41, 5.74) is 7.23. The van der Waals surface area contributed by atoms with Gasteiger partial charge < -0.3 is 10.5 Å². The van der Waals surface area contributed by atoms with Crippen LogP contribution in [0.15, 0.2) is 12.3 Å². The zero-order valence-corrected chi connectivity index (χ0v) is 9.86. The number of rotatable bonds is 6. The fourth-order valence-electron chi connectivity index (χ4n) is 1.52. The quantitative estimate of drug-likeness (QED) is 0.766. The molecule has 0 aliphatic carbocycles. The molecule has 86 valence electrons. The van der Waals surface area contributed by atoms with Gasteiger partial charge in [-0.1, -0.05) is 0 Å². The van der Waals surface area contributed by atoms with Gasteiger partial charge in [0, 0.05) is 38.2 Å². The first-order chi connectivity index (χ1) is 7.05. The predicted octanol–water partition coefficient (Wildman–Crippen LogP) is 1.11. The fourth-order valence-corrected chi connectivity index (χ4v) is 1.52. The maximum atomic E-state index is 6.16. The van der Waals surface area contributed by atoms with Gasteiger partial charge in [0.1, 0.15) is 0 Å². The van der Waals surface area contributed by atoms with Crippen molar-refractivity contribution in [3.05, 3.63) is 18.0 Å². The molecule has 0 amide bonds. The number of hydrogen-bond acceptors (Lipinski definition) is 3. The lowest BCUT2D eigenvalue weighted by Crippen LogP contribution is -2.37. The van der Waals surface area contributed by atoms with E-state index in [0.717, 1.165) is 25.9 Å². The molecule has 0 spiro atoms. The van der Waals surface area contributed by atoms with Crippen LogP contribution in [0.3, 0.4) is 0 Å². The first-order valence-electron chi connectivity index (χ1n) is 5.30. The largest absolute Gasteiger partial charge is 0.385 e. The monoisotopic (exact) mass is 211 g/mol. The second-order valence-corrected chi connectivity index (χ2v) is 4.34. The van der Waals surface area contributed by atoms with Crippen LogP contribution in [-0.4, -0.2) is 29.0 Å². The Kier molecular flexibility index (Phi) is 4.29. The molecule has 1 aromatic rings. The highest BCUT2D eigenvalue weighted by Gasteiger charge is 2.18. The van der Waals surface area contributed by atoms with Crippen molar-refractivity contribution in [1.29, 1.82) is 0 Å². The van der Waals surface area contributed by atoms with Gasteiger partial charge >= 0.3 is 0 Å². The van der Waals surface area contributed by atoms with Crippen LogP contribution in [0.5, 0.6) is 0 Å². The number of methoxy groups -OCH3 is 1. The summed E-state index contributed by atoms with van der Waals surface area (Å²) in [4.78, 5) is 0. The molecule has 0 aliphatic heterocycles. The molecule has 1 rings (SSSR count). The van der Waals surface area contributed by atoms with Gasteiger partial charge in [0.05, 0.1) is 0 Å². The lowest BCUT2D eigenvalue weighted by Gasteiger charge is -2.24. The van der Waals surface area contributed by atoms with E-state index in [4.69, 9.17) is 10.5 Å². The molecule has 0 saturated heterocycles. The predicted molar refractivity (Wildman–Crippen MR) is 60.6 cm³/mol. The standard InChI is InChI=1S/C11H21N3O/c1-11(12,7-9-15-3)6-4-10-5-8-13-14(10)2/h5,8H,4,6-7,9,12H2,1-3H3. The maximum absolute atomic E-state index is 6.16. The van der Waals surface area contributed by atoms with Gasteiger partial charge in [-0.3, -0.25) is 4.68 Å². The Morgan fingerprint density at radius 3 is 2.80 bits per heavy atom. The smallest absolute Gasteiger partial charge is 0.0492 e. The Morgan fingerprint density at radius 2 is 2.27 bits per heavy atom. The van der Waals surface area contributed by atoms with Crippen LogP contribution in [0.2, 0.25) is 0 Å². The number of ether oxygens (including phenoxy) is 1. The normalized spacial score (nSPS) is 15.2. The Bertz CT molecular complexity index is 294. The number of hydrogen-bond donors (Lipinski definition) is 1. The maximum Gasteiger partial charge on any atom is 0.0492 e. The molecule has 4 nitrogen and oxygen atoms in total. The summed E-state index contributed by atoms with van der Waals surface area (Å²) >= 11 is 0. The molecule has 0 aromatic carbocycles. The van der Waals surface area contributed by atoms with Crippen molar-refractivity contribution in [2.45, 2.75) is 31.7 Å². The minimum atomic E-state index is -0.152. The summed E-state index contributed by atoms with van der Waals surface area (Å²) in [6.45, 7) is 2.79. The first kappa shape index (κ1) is 12.2. The molecule has 0 aliphatic rings. The van der Waals surface area contributed by atoms with Gasteiger partial charge in [-0.15, -0.1) is 0 Å². The molecular formula is C11H21N3O. The van der Waals surface area contributed by atoms with Crippen molar-refractivity contribution in [3.63, 3.8) is 0 Å². The van der Waals surface area contributed by atoms with Crippen LogP contribution in [0, 0.1) is 0 Å². The highest BCUT2D eigenvalue weighted by Crippen LogP contribution is 2.14. The van der Waals surface area contributed by atoms with Crippen molar-refractivity contribution in [2.24, 2.45) is 12.8 Å². The Labute approximate surface area is 91.4 Å². The van der Waals surface area contributed by atoms with Gasteiger partial charge in [-0.2, -0.15) is 5.10 Å². The van der Waals surface area contributed by atoms with Crippen LogP contribution in [0.4, 0.5) is 0 Å². The molecule has 1 heterocycles. The third-order valence-electron chi connectivity index (χ3n) is 2.75. The molecule has 0 fully saturated rings. The van der Waals surface area contributed by atoms with E-state index in [1.807, 2.05) is 24.0 Å². The second kappa shape index (κ2) is 5.28. The van der Waals surface area contributed by atoms with Gasteiger partial charge in [-0.25, -0.2) is 0 Å². The SMILES string of the molecule is COCCC(C)(N)CCc1ccnn1C. The van der Waals surface area contributed by atoms with E-state index in [1.165, 1.54) is 5.69 Å². The van der Waals surface area contributed by atoms with Crippen molar-refractivity contribution in [1.82, 2.24) is 9.78 Å². The van der Waals surface area contributed by atoms with Gasteiger partial charge in [0.25, 0.3) is 0 Å². The summed E-state index contributed by atoms with van der Waals surface area (Å²) in [5.74, 6) is 0. The van der Waals surface area contributed by atoms with Crippen LogP contribution < -0.4 is 5.73 Å².